The number of aryl methyl sites for hydroxylation is 1. The van der Waals surface area contributed by atoms with E-state index in [0.29, 0.717) is 19.6 Å². The highest BCUT2D eigenvalue weighted by molar-refractivity contribution is 5.79. The van der Waals surface area contributed by atoms with E-state index in [4.69, 9.17) is 0 Å². The summed E-state index contributed by atoms with van der Waals surface area (Å²) >= 11 is 0. The highest BCUT2D eigenvalue weighted by Crippen LogP contribution is 2.10. The molecule has 0 saturated heterocycles. The summed E-state index contributed by atoms with van der Waals surface area (Å²) < 4.78 is 3.55. The van der Waals surface area contributed by atoms with E-state index in [1.807, 2.05) is 48.8 Å². The second-order valence-corrected chi connectivity index (χ2v) is 4.86. The third-order valence-electron chi connectivity index (χ3n) is 3.34. The normalized spacial score (nSPS) is 12.3. The van der Waals surface area contributed by atoms with Crippen molar-refractivity contribution in [2.45, 2.75) is 33.4 Å². The van der Waals surface area contributed by atoms with Gasteiger partial charge in [-0.15, -0.1) is 0 Å². The van der Waals surface area contributed by atoms with Crippen LogP contribution in [-0.2, 0) is 11.3 Å². The molecule has 0 aliphatic rings. The summed E-state index contributed by atoms with van der Waals surface area (Å²) in [4.78, 5) is 14.3. The van der Waals surface area contributed by atoms with Crippen molar-refractivity contribution in [2.75, 3.05) is 13.1 Å². The van der Waals surface area contributed by atoms with E-state index in [-0.39, 0.29) is 11.9 Å². The summed E-state index contributed by atoms with van der Waals surface area (Å²) in [5.41, 5.74) is 1.06. The molecule has 0 fully saturated rings. The third-order valence-corrected chi connectivity index (χ3v) is 3.34. The molecule has 6 heteroatoms. The van der Waals surface area contributed by atoms with Gasteiger partial charge >= 0.3 is 0 Å². The van der Waals surface area contributed by atoms with Gasteiger partial charge in [0.2, 0.25) is 5.91 Å². The fourth-order valence-corrected chi connectivity index (χ4v) is 2.10. The predicted octanol–water partition coefficient (Wildman–Crippen LogP) is 1.50. The van der Waals surface area contributed by atoms with Crippen molar-refractivity contribution in [2.24, 2.45) is 0 Å². The standard InChI is InChI=1S/C14H21N5O/c1-4-17(8-9-18-7-5-6-15-18)14(20)13(3)19-11-12(2)10-16-19/h5-7,10-11,13H,4,8-9H2,1-3H3/t13-/m1/s1. The smallest absolute Gasteiger partial charge is 0.247 e. The van der Waals surface area contributed by atoms with E-state index >= 15 is 0 Å². The van der Waals surface area contributed by atoms with Crippen LogP contribution in [0.4, 0.5) is 0 Å². The van der Waals surface area contributed by atoms with E-state index in [0.717, 1.165) is 5.56 Å². The molecule has 108 valence electrons. The van der Waals surface area contributed by atoms with Crippen LogP contribution in [0.1, 0.15) is 25.5 Å². The van der Waals surface area contributed by atoms with Crippen LogP contribution in [0, 0.1) is 6.92 Å². The van der Waals surface area contributed by atoms with Crippen molar-refractivity contribution in [3.63, 3.8) is 0 Å². The number of aromatic nitrogens is 4. The Morgan fingerprint density at radius 2 is 2.25 bits per heavy atom. The molecule has 0 bridgehead atoms. The summed E-state index contributed by atoms with van der Waals surface area (Å²) in [5, 5.41) is 8.36. The Labute approximate surface area is 119 Å². The summed E-state index contributed by atoms with van der Waals surface area (Å²) in [7, 11) is 0. The van der Waals surface area contributed by atoms with E-state index in [9.17, 15) is 4.79 Å². The van der Waals surface area contributed by atoms with Crippen LogP contribution < -0.4 is 0 Å². The number of hydrogen-bond donors (Lipinski definition) is 0. The maximum atomic E-state index is 12.5. The highest BCUT2D eigenvalue weighted by atomic mass is 16.2. The lowest BCUT2D eigenvalue weighted by atomic mass is 10.3. The Kier molecular flexibility index (Phi) is 4.55. The van der Waals surface area contributed by atoms with Gasteiger partial charge in [0.15, 0.2) is 0 Å². The van der Waals surface area contributed by atoms with Gasteiger partial charge in [0.1, 0.15) is 6.04 Å². The zero-order valence-electron chi connectivity index (χ0n) is 12.2. The molecular formula is C14H21N5O. The number of carbonyl (C=O) groups excluding carboxylic acids is 1. The van der Waals surface area contributed by atoms with Crippen molar-refractivity contribution < 1.29 is 4.79 Å². The number of carbonyl (C=O) groups is 1. The van der Waals surface area contributed by atoms with E-state index in [2.05, 4.69) is 10.2 Å². The first-order valence-electron chi connectivity index (χ1n) is 6.88. The van der Waals surface area contributed by atoms with Crippen LogP contribution in [0.3, 0.4) is 0 Å². The number of nitrogens with zero attached hydrogens (tertiary/aromatic N) is 5. The van der Waals surface area contributed by atoms with Gasteiger partial charge in [-0.1, -0.05) is 0 Å². The zero-order valence-corrected chi connectivity index (χ0v) is 12.2. The Bertz CT molecular complexity index is 546. The van der Waals surface area contributed by atoms with Gasteiger partial charge in [-0.2, -0.15) is 10.2 Å². The lowest BCUT2D eigenvalue weighted by Crippen LogP contribution is -2.38. The number of hydrogen-bond acceptors (Lipinski definition) is 3. The molecule has 0 aliphatic heterocycles. The first-order chi connectivity index (χ1) is 9.61. The molecule has 2 aromatic heterocycles. The molecular weight excluding hydrogens is 254 g/mol. The topological polar surface area (TPSA) is 56.0 Å². The summed E-state index contributed by atoms with van der Waals surface area (Å²) in [6, 6.07) is 1.61. The van der Waals surface area contributed by atoms with E-state index in [1.165, 1.54) is 0 Å². The minimum Gasteiger partial charge on any atom is -0.339 e. The second kappa shape index (κ2) is 6.36. The van der Waals surface area contributed by atoms with Gasteiger partial charge in [-0.05, 0) is 32.4 Å². The first kappa shape index (κ1) is 14.3. The molecule has 0 N–H and O–H groups in total. The Morgan fingerprint density at radius 1 is 1.45 bits per heavy atom. The van der Waals surface area contributed by atoms with Crippen LogP contribution in [0.15, 0.2) is 30.9 Å². The number of likely N-dealkylation sites (N-methyl/N-ethyl adjacent to an activating group) is 1. The molecule has 0 unspecified atom stereocenters. The highest BCUT2D eigenvalue weighted by Gasteiger charge is 2.21. The molecule has 2 aromatic rings. The SMILES string of the molecule is CCN(CCn1cccn1)C(=O)[C@@H](C)n1cc(C)cn1. The molecule has 0 spiro atoms. The summed E-state index contributed by atoms with van der Waals surface area (Å²) in [6.07, 6.45) is 7.31. The van der Waals surface area contributed by atoms with Crippen molar-refractivity contribution in [3.8, 4) is 0 Å². The summed E-state index contributed by atoms with van der Waals surface area (Å²) in [6.45, 7) is 7.88. The number of amides is 1. The minimum atomic E-state index is -0.277. The molecule has 20 heavy (non-hydrogen) atoms. The van der Waals surface area contributed by atoms with E-state index < -0.39 is 0 Å². The van der Waals surface area contributed by atoms with Crippen LogP contribution in [0.25, 0.3) is 0 Å². The monoisotopic (exact) mass is 275 g/mol. The quantitative estimate of drug-likeness (QED) is 0.802. The van der Waals surface area contributed by atoms with Crippen molar-refractivity contribution >= 4 is 5.91 Å². The molecule has 1 amide bonds. The van der Waals surface area contributed by atoms with Gasteiger partial charge in [0.05, 0.1) is 12.7 Å². The molecule has 2 rings (SSSR count). The second-order valence-electron chi connectivity index (χ2n) is 4.86. The molecule has 6 nitrogen and oxygen atoms in total. The molecule has 0 aromatic carbocycles. The van der Waals surface area contributed by atoms with Crippen molar-refractivity contribution in [1.29, 1.82) is 0 Å². The maximum absolute atomic E-state index is 12.5. The number of rotatable bonds is 6. The third kappa shape index (κ3) is 3.26. The Morgan fingerprint density at radius 3 is 2.80 bits per heavy atom. The Balaban J connectivity index is 1.97. The molecule has 0 radical (unpaired) electrons. The molecule has 0 aliphatic carbocycles. The van der Waals surface area contributed by atoms with Gasteiger partial charge in [-0.25, -0.2) is 0 Å². The molecule has 2 heterocycles. The van der Waals surface area contributed by atoms with Crippen molar-refractivity contribution in [1.82, 2.24) is 24.5 Å². The van der Waals surface area contributed by atoms with Crippen LogP contribution >= 0.6 is 0 Å². The largest absolute Gasteiger partial charge is 0.339 e. The average Bonchev–Trinajstić information content (AvgIpc) is 3.09. The average molecular weight is 275 g/mol. The predicted molar refractivity (Wildman–Crippen MR) is 76.2 cm³/mol. The first-order valence-corrected chi connectivity index (χ1v) is 6.88. The fourth-order valence-electron chi connectivity index (χ4n) is 2.10. The van der Waals surface area contributed by atoms with Gasteiger partial charge < -0.3 is 4.90 Å². The molecule has 0 saturated carbocycles. The van der Waals surface area contributed by atoms with Gasteiger partial charge in [-0.3, -0.25) is 14.2 Å². The Hall–Kier alpha value is -2.11. The fraction of sp³-hybridized carbons (Fsp3) is 0.500. The molecule has 1 atom stereocenters. The van der Waals surface area contributed by atoms with Crippen LogP contribution in [0.2, 0.25) is 0 Å². The van der Waals surface area contributed by atoms with Crippen LogP contribution in [-0.4, -0.2) is 43.5 Å². The lowest BCUT2D eigenvalue weighted by molar-refractivity contribution is -0.134. The zero-order chi connectivity index (χ0) is 14.5. The van der Waals surface area contributed by atoms with E-state index in [1.54, 1.807) is 17.1 Å². The van der Waals surface area contributed by atoms with Gasteiger partial charge in [0, 0.05) is 31.7 Å². The lowest BCUT2D eigenvalue weighted by Gasteiger charge is -2.24. The maximum Gasteiger partial charge on any atom is 0.247 e. The van der Waals surface area contributed by atoms with Crippen LogP contribution in [0.5, 0.6) is 0 Å². The van der Waals surface area contributed by atoms with Gasteiger partial charge in [0.25, 0.3) is 0 Å². The minimum absolute atomic E-state index is 0.0859. The van der Waals surface area contributed by atoms with Crippen molar-refractivity contribution in [3.05, 3.63) is 36.4 Å². The summed E-state index contributed by atoms with van der Waals surface area (Å²) in [5.74, 6) is 0.0859.